The van der Waals surface area contributed by atoms with Crippen LogP contribution in [0.5, 0.6) is 0 Å². The first-order valence-corrected chi connectivity index (χ1v) is 8.49. The van der Waals surface area contributed by atoms with Gasteiger partial charge < -0.3 is 0 Å². The van der Waals surface area contributed by atoms with Gasteiger partial charge >= 0.3 is 0 Å². The zero-order chi connectivity index (χ0) is 17.6. The fourth-order valence-electron chi connectivity index (χ4n) is 2.31. The zero-order valence-electron chi connectivity index (χ0n) is 13.0. The molecule has 1 aliphatic rings. The van der Waals surface area contributed by atoms with E-state index in [1.54, 1.807) is 25.1 Å². The predicted molar refractivity (Wildman–Crippen MR) is 95.3 cm³/mol. The fraction of sp³-hybridized carbons (Fsp3) is 0.200. The topological polar surface area (TPSA) is 67.6 Å². The third kappa shape index (κ3) is 2.83. The predicted octanol–water partition coefficient (Wildman–Crippen LogP) is 3.98. The van der Waals surface area contributed by atoms with Crippen molar-refractivity contribution in [1.29, 1.82) is 0 Å². The number of aromatic nitrogens is 2. The number of thioether (sulfide) groups is 1. The van der Waals surface area contributed by atoms with Gasteiger partial charge in [0, 0.05) is 19.4 Å². The first-order valence-electron chi connectivity index (χ1n) is 6.92. The Morgan fingerprint density at radius 3 is 2.42 bits per heavy atom. The smallest absolute Gasteiger partial charge is 0.245 e. The van der Waals surface area contributed by atoms with Crippen molar-refractivity contribution in [2.45, 2.75) is 25.8 Å². The summed E-state index contributed by atoms with van der Waals surface area (Å²) < 4.78 is 1.46. The molecule has 9 heteroatoms. The number of aryl methyl sites for hydroxylation is 1. The molecule has 1 aliphatic heterocycles. The molecule has 0 saturated carbocycles. The number of hydrogen-bond acceptors (Lipinski definition) is 5. The summed E-state index contributed by atoms with van der Waals surface area (Å²) in [5.74, 6) is 0.357. The number of benzene rings is 1. The van der Waals surface area contributed by atoms with Crippen molar-refractivity contribution in [2.24, 2.45) is 5.10 Å². The summed E-state index contributed by atoms with van der Waals surface area (Å²) in [7, 11) is 0. The number of halogens is 2. The van der Waals surface area contributed by atoms with Crippen molar-refractivity contribution >= 4 is 57.6 Å². The van der Waals surface area contributed by atoms with E-state index in [1.165, 1.54) is 35.2 Å². The highest BCUT2D eigenvalue weighted by Crippen LogP contribution is 2.39. The van der Waals surface area contributed by atoms with Gasteiger partial charge in [0.1, 0.15) is 15.9 Å². The van der Waals surface area contributed by atoms with E-state index < -0.39 is 0 Å². The summed E-state index contributed by atoms with van der Waals surface area (Å²) in [6, 6.07) is 5.08. The standard InChI is InChI=1S/C15H12Cl2N4O2S/c1-7-18-13-15(20(7)8(2)22)24-14(19-21(13)9(3)23)10-4-5-11(16)12(17)6-10/h4-6H,1-3H3. The average molecular weight is 383 g/mol. The number of carbonyl (C=O) groups excluding carboxylic acids is 2. The molecule has 0 fully saturated rings. The lowest BCUT2D eigenvalue weighted by molar-refractivity contribution is -0.116. The van der Waals surface area contributed by atoms with Crippen molar-refractivity contribution in [2.75, 3.05) is 5.01 Å². The Kier molecular flexibility index (Phi) is 4.42. The fourth-order valence-corrected chi connectivity index (χ4v) is 3.74. The normalized spacial score (nSPS) is 13.5. The summed E-state index contributed by atoms with van der Waals surface area (Å²) in [4.78, 5) is 28.2. The summed E-state index contributed by atoms with van der Waals surface area (Å²) in [6.45, 7) is 4.54. The van der Waals surface area contributed by atoms with Crippen molar-refractivity contribution in [3.05, 3.63) is 39.6 Å². The molecule has 2 aromatic rings. The Hall–Kier alpha value is -1.83. The minimum Gasteiger partial charge on any atom is -0.274 e. The molecule has 1 aromatic carbocycles. The highest BCUT2D eigenvalue weighted by Gasteiger charge is 2.31. The molecule has 1 amide bonds. The monoisotopic (exact) mass is 382 g/mol. The van der Waals surface area contributed by atoms with Crippen LogP contribution in [0.1, 0.15) is 30.0 Å². The van der Waals surface area contributed by atoms with Gasteiger partial charge in [-0.3, -0.25) is 14.2 Å². The Bertz CT molecular complexity index is 907. The Morgan fingerprint density at radius 1 is 1.12 bits per heavy atom. The molecule has 0 N–H and O–H groups in total. The number of amides is 1. The SMILES string of the molecule is CC(=O)N1N=C(c2ccc(Cl)c(Cl)c2)Sc2c1nc(C)n2C(C)=O. The number of nitrogens with zero attached hydrogens (tertiary/aromatic N) is 4. The molecule has 6 nitrogen and oxygen atoms in total. The zero-order valence-corrected chi connectivity index (χ0v) is 15.3. The Labute approximate surface area is 152 Å². The van der Waals surface area contributed by atoms with Gasteiger partial charge in [0.2, 0.25) is 11.8 Å². The molecule has 0 bridgehead atoms. The van der Waals surface area contributed by atoms with Gasteiger partial charge in [-0.1, -0.05) is 29.3 Å². The van der Waals surface area contributed by atoms with Crippen molar-refractivity contribution in [3.8, 4) is 0 Å². The van der Waals surface area contributed by atoms with Crippen LogP contribution in [0, 0.1) is 6.92 Å². The molecule has 24 heavy (non-hydrogen) atoms. The van der Waals surface area contributed by atoms with Crippen LogP contribution in [0.15, 0.2) is 28.3 Å². The van der Waals surface area contributed by atoms with Crippen molar-refractivity contribution < 1.29 is 9.59 Å². The molecule has 124 valence electrons. The molecular weight excluding hydrogens is 371 g/mol. The van der Waals surface area contributed by atoms with Crippen LogP contribution in [0.3, 0.4) is 0 Å². The second kappa shape index (κ2) is 6.23. The van der Waals surface area contributed by atoms with E-state index in [1.807, 2.05) is 0 Å². The van der Waals surface area contributed by atoms with E-state index in [0.29, 0.717) is 37.3 Å². The van der Waals surface area contributed by atoms with E-state index in [-0.39, 0.29) is 11.8 Å². The van der Waals surface area contributed by atoms with Gasteiger partial charge in [0.25, 0.3) is 0 Å². The lowest BCUT2D eigenvalue weighted by atomic mass is 10.2. The van der Waals surface area contributed by atoms with Crippen LogP contribution in [0.4, 0.5) is 5.82 Å². The number of fused-ring (bicyclic) bond motifs is 1. The van der Waals surface area contributed by atoms with E-state index in [9.17, 15) is 9.59 Å². The van der Waals surface area contributed by atoms with Gasteiger partial charge in [-0.25, -0.2) is 4.98 Å². The maximum Gasteiger partial charge on any atom is 0.245 e. The number of hydrazone groups is 1. The van der Waals surface area contributed by atoms with Gasteiger partial charge in [-0.2, -0.15) is 10.1 Å². The first-order chi connectivity index (χ1) is 11.3. The van der Waals surface area contributed by atoms with Gasteiger partial charge in [0.15, 0.2) is 5.82 Å². The van der Waals surface area contributed by atoms with E-state index in [0.717, 1.165) is 0 Å². The summed E-state index contributed by atoms with van der Waals surface area (Å²) in [5.41, 5.74) is 0.695. The third-order valence-corrected chi connectivity index (χ3v) is 5.16. The molecule has 0 atom stereocenters. The van der Waals surface area contributed by atoms with Gasteiger partial charge in [0.05, 0.1) is 10.0 Å². The summed E-state index contributed by atoms with van der Waals surface area (Å²) in [6.07, 6.45) is 0. The van der Waals surface area contributed by atoms with E-state index in [2.05, 4.69) is 10.1 Å². The minimum absolute atomic E-state index is 0.187. The largest absolute Gasteiger partial charge is 0.274 e. The lowest BCUT2D eigenvalue weighted by Crippen LogP contribution is -2.28. The van der Waals surface area contributed by atoms with Crippen LogP contribution in [0.25, 0.3) is 0 Å². The van der Waals surface area contributed by atoms with E-state index in [4.69, 9.17) is 23.2 Å². The number of carbonyl (C=O) groups is 2. The molecule has 0 aliphatic carbocycles. The van der Waals surface area contributed by atoms with Crippen LogP contribution in [0.2, 0.25) is 10.0 Å². The third-order valence-electron chi connectivity index (χ3n) is 3.35. The van der Waals surface area contributed by atoms with Crippen LogP contribution in [-0.4, -0.2) is 26.4 Å². The first kappa shape index (κ1) is 17.0. The number of imidazole rings is 1. The molecule has 0 unspecified atom stereocenters. The van der Waals surface area contributed by atoms with Crippen molar-refractivity contribution in [1.82, 2.24) is 9.55 Å². The Morgan fingerprint density at radius 2 is 1.83 bits per heavy atom. The molecule has 0 radical (unpaired) electrons. The Balaban J connectivity index is 2.16. The molecule has 0 saturated heterocycles. The summed E-state index contributed by atoms with van der Waals surface area (Å²) in [5, 5.41) is 7.43. The van der Waals surface area contributed by atoms with Gasteiger partial charge in [-0.05, 0) is 30.8 Å². The second-order valence-electron chi connectivity index (χ2n) is 5.11. The average Bonchev–Trinajstić information content (AvgIpc) is 2.84. The maximum absolute atomic E-state index is 12.0. The molecule has 0 spiro atoms. The van der Waals surface area contributed by atoms with E-state index >= 15 is 0 Å². The molecule has 3 rings (SSSR count). The van der Waals surface area contributed by atoms with Crippen LogP contribution < -0.4 is 5.01 Å². The second-order valence-corrected chi connectivity index (χ2v) is 6.90. The summed E-state index contributed by atoms with van der Waals surface area (Å²) >= 11 is 13.3. The minimum atomic E-state index is -0.303. The molecule has 1 aromatic heterocycles. The van der Waals surface area contributed by atoms with Crippen molar-refractivity contribution in [3.63, 3.8) is 0 Å². The highest BCUT2D eigenvalue weighted by atomic mass is 35.5. The molecular formula is C15H12Cl2N4O2S. The molecule has 2 heterocycles. The van der Waals surface area contributed by atoms with Gasteiger partial charge in [-0.15, -0.1) is 0 Å². The quantitative estimate of drug-likeness (QED) is 0.747. The lowest BCUT2D eigenvalue weighted by Gasteiger charge is -2.21. The number of anilines is 1. The maximum atomic E-state index is 12.0. The van der Waals surface area contributed by atoms with Crippen LogP contribution >= 0.6 is 35.0 Å². The number of rotatable bonds is 1. The van der Waals surface area contributed by atoms with Crippen LogP contribution in [-0.2, 0) is 4.79 Å². The highest BCUT2D eigenvalue weighted by molar-refractivity contribution is 8.14. The number of hydrogen-bond donors (Lipinski definition) is 0.